The predicted octanol–water partition coefficient (Wildman–Crippen LogP) is 2.43. The molecule has 0 saturated carbocycles. The Kier molecular flexibility index (Phi) is 7.41. The number of carbonyl (C=O) groups excluding carboxylic acids is 2. The molecular weight excluding hydrogens is 316 g/mol. The molecule has 2 amide bonds. The van der Waals surface area contributed by atoms with Crippen molar-refractivity contribution in [2.75, 3.05) is 19.7 Å². The number of carbonyl (C=O) groups is 2. The van der Waals surface area contributed by atoms with Crippen LogP contribution in [0.1, 0.15) is 25.8 Å². The van der Waals surface area contributed by atoms with Gasteiger partial charge in [0.25, 0.3) is 0 Å². The zero-order valence-electron chi connectivity index (χ0n) is 14.9. The molecule has 5 nitrogen and oxygen atoms in total. The van der Waals surface area contributed by atoms with Gasteiger partial charge in [0.15, 0.2) is 0 Å². The van der Waals surface area contributed by atoms with Crippen LogP contribution in [0.25, 0.3) is 10.8 Å². The summed E-state index contributed by atoms with van der Waals surface area (Å²) < 4.78 is 5.40. The summed E-state index contributed by atoms with van der Waals surface area (Å²) in [5.41, 5.74) is 0.960. The van der Waals surface area contributed by atoms with E-state index in [0.29, 0.717) is 13.2 Å². The minimum absolute atomic E-state index is 0.00532. The molecule has 0 bridgehead atoms. The first-order chi connectivity index (χ1) is 12.1. The van der Waals surface area contributed by atoms with Crippen molar-refractivity contribution >= 4 is 22.6 Å². The molecule has 2 aromatic carbocycles. The maximum absolute atomic E-state index is 12.1. The summed E-state index contributed by atoms with van der Waals surface area (Å²) in [6.07, 6.45) is 1.22. The first-order valence-electron chi connectivity index (χ1n) is 8.68. The molecule has 5 heteroatoms. The molecule has 25 heavy (non-hydrogen) atoms. The summed E-state index contributed by atoms with van der Waals surface area (Å²) in [5, 5.41) is 7.61. The Morgan fingerprint density at radius 2 is 1.76 bits per heavy atom. The lowest BCUT2D eigenvalue weighted by molar-refractivity contribution is -0.125. The van der Waals surface area contributed by atoms with Crippen LogP contribution < -0.4 is 10.6 Å². The second kappa shape index (κ2) is 9.79. The highest BCUT2D eigenvalue weighted by Crippen LogP contribution is 2.18. The van der Waals surface area contributed by atoms with Crippen molar-refractivity contribution < 1.29 is 14.3 Å². The van der Waals surface area contributed by atoms with Crippen LogP contribution in [0.15, 0.2) is 42.5 Å². The highest BCUT2D eigenvalue weighted by Gasteiger charge is 2.08. The molecule has 0 aliphatic carbocycles. The molecule has 0 radical (unpaired) electrons. The van der Waals surface area contributed by atoms with E-state index < -0.39 is 0 Å². The second-order valence-corrected chi connectivity index (χ2v) is 6.21. The summed E-state index contributed by atoms with van der Waals surface area (Å²) >= 11 is 0. The third-order valence-electron chi connectivity index (χ3n) is 3.77. The lowest BCUT2D eigenvalue weighted by Gasteiger charge is -2.09. The van der Waals surface area contributed by atoms with Gasteiger partial charge in [0.05, 0.1) is 19.1 Å². The van der Waals surface area contributed by atoms with Gasteiger partial charge in [-0.3, -0.25) is 9.59 Å². The Balaban J connectivity index is 1.72. The van der Waals surface area contributed by atoms with Crippen LogP contribution in [-0.4, -0.2) is 37.6 Å². The Bertz CT molecular complexity index is 708. The van der Waals surface area contributed by atoms with E-state index in [1.54, 1.807) is 0 Å². The molecule has 0 unspecified atom stereocenters. The third kappa shape index (κ3) is 6.55. The zero-order chi connectivity index (χ0) is 18.1. The van der Waals surface area contributed by atoms with Gasteiger partial charge in [-0.05, 0) is 36.6 Å². The standard InChI is InChI=1S/C20H26N2O3/c1-15(2)25-12-6-11-21-20(24)14-22-19(23)13-17-9-5-8-16-7-3-4-10-18(16)17/h3-5,7-10,15H,6,11-14H2,1-2H3,(H,21,24)(H,22,23). The fourth-order valence-corrected chi connectivity index (χ4v) is 2.54. The van der Waals surface area contributed by atoms with E-state index in [9.17, 15) is 9.59 Å². The fraction of sp³-hybridized carbons (Fsp3) is 0.400. The molecule has 0 aliphatic rings. The lowest BCUT2D eigenvalue weighted by Crippen LogP contribution is -2.38. The van der Waals surface area contributed by atoms with Gasteiger partial charge in [-0.15, -0.1) is 0 Å². The maximum Gasteiger partial charge on any atom is 0.239 e. The lowest BCUT2D eigenvalue weighted by atomic mass is 10.0. The van der Waals surface area contributed by atoms with Crippen LogP contribution >= 0.6 is 0 Å². The normalized spacial score (nSPS) is 10.8. The van der Waals surface area contributed by atoms with Crippen molar-refractivity contribution in [2.24, 2.45) is 0 Å². The van der Waals surface area contributed by atoms with Crippen molar-refractivity contribution in [1.82, 2.24) is 10.6 Å². The summed E-state index contributed by atoms with van der Waals surface area (Å²) in [5.74, 6) is -0.342. The second-order valence-electron chi connectivity index (χ2n) is 6.21. The van der Waals surface area contributed by atoms with Crippen LogP contribution in [0.2, 0.25) is 0 Å². The van der Waals surface area contributed by atoms with Gasteiger partial charge in [0.1, 0.15) is 0 Å². The molecule has 0 spiro atoms. The van der Waals surface area contributed by atoms with E-state index in [4.69, 9.17) is 4.74 Å². The van der Waals surface area contributed by atoms with Crippen LogP contribution in [0.3, 0.4) is 0 Å². The average Bonchev–Trinajstić information content (AvgIpc) is 2.60. The smallest absolute Gasteiger partial charge is 0.239 e. The molecule has 2 aromatic rings. The predicted molar refractivity (Wildman–Crippen MR) is 99.4 cm³/mol. The van der Waals surface area contributed by atoms with Gasteiger partial charge >= 0.3 is 0 Å². The molecule has 0 aromatic heterocycles. The Morgan fingerprint density at radius 3 is 2.56 bits per heavy atom. The van der Waals surface area contributed by atoms with Crippen LogP contribution in [-0.2, 0) is 20.7 Å². The van der Waals surface area contributed by atoms with E-state index in [1.165, 1.54) is 0 Å². The number of benzene rings is 2. The number of ether oxygens (including phenoxy) is 1. The van der Waals surface area contributed by atoms with E-state index in [1.807, 2.05) is 56.3 Å². The largest absolute Gasteiger partial charge is 0.379 e. The molecule has 0 fully saturated rings. The van der Waals surface area contributed by atoms with Gasteiger partial charge in [-0.25, -0.2) is 0 Å². The Hall–Kier alpha value is -2.40. The number of amides is 2. The first kappa shape index (κ1) is 18.9. The van der Waals surface area contributed by atoms with Crippen molar-refractivity contribution in [2.45, 2.75) is 32.8 Å². The van der Waals surface area contributed by atoms with Gasteiger partial charge < -0.3 is 15.4 Å². The van der Waals surface area contributed by atoms with Crippen LogP contribution in [0, 0.1) is 0 Å². The van der Waals surface area contributed by atoms with Gasteiger partial charge in [0, 0.05) is 13.2 Å². The van der Waals surface area contributed by atoms with Crippen molar-refractivity contribution in [3.05, 3.63) is 48.0 Å². The van der Waals surface area contributed by atoms with E-state index >= 15 is 0 Å². The molecule has 134 valence electrons. The summed E-state index contributed by atoms with van der Waals surface area (Å²) in [7, 11) is 0. The number of hydrogen-bond donors (Lipinski definition) is 2. The monoisotopic (exact) mass is 342 g/mol. The van der Waals surface area contributed by atoms with Crippen LogP contribution in [0.5, 0.6) is 0 Å². The molecule has 0 heterocycles. The van der Waals surface area contributed by atoms with E-state index in [0.717, 1.165) is 22.8 Å². The minimum atomic E-state index is -0.184. The third-order valence-corrected chi connectivity index (χ3v) is 3.77. The number of fused-ring (bicyclic) bond motifs is 1. The molecule has 0 atom stereocenters. The van der Waals surface area contributed by atoms with Gasteiger partial charge in [0.2, 0.25) is 11.8 Å². The molecule has 0 saturated heterocycles. The fourth-order valence-electron chi connectivity index (χ4n) is 2.54. The number of nitrogens with one attached hydrogen (secondary N) is 2. The zero-order valence-corrected chi connectivity index (χ0v) is 14.9. The minimum Gasteiger partial charge on any atom is -0.379 e. The topological polar surface area (TPSA) is 67.4 Å². The van der Waals surface area contributed by atoms with E-state index in [2.05, 4.69) is 10.6 Å². The van der Waals surface area contributed by atoms with Crippen molar-refractivity contribution in [3.8, 4) is 0 Å². The van der Waals surface area contributed by atoms with Crippen molar-refractivity contribution in [1.29, 1.82) is 0 Å². The maximum atomic E-state index is 12.1. The number of hydrogen-bond acceptors (Lipinski definition) is 3. The molecular formula is C20H26N2O3. The van der Waals surface area contributed by atoms with Gasteiger partial charge in [-0.1, -0.05) is 42.5 Å². The molecule has 0 aliphatic heterocycles. The number of rotatable bonds is 9. The highest BCUT2D eigenvalue weighted by molar-refractivity contribution is 5.91. The Morgan fingerprint density at radius 1 is 1.00 bits per heavy atom. The Labute approximate surface area is 148 Å². The summed E-state index contributed by atoms with van der Waals surface area (Å²) in [6.45, 7) is 5.11. The summed E-state index contributed by atoms with van der Waals surface area (Å²) in [6, 6.07) is 13.9. The molecule has 2 rings (SSSR count). The quantitative estimate of drug-likeness (QED) is 0.688. The van der Waals surface area contributed by atoms with E-state index in [-0.39, 0.29) is 30.9 Å². The van der Waals surface area contributed by atoms with Crippen molar-refractivity contribution in [3.63, 3.8) is 0 Å². The highest BCUT2D eigenvalue weighted by atomic mass is 16.5. The van der Waals surface area contributed by atoms with Crippen LogP contribution in [0.4, 0.5) is 0 Å². The SMILES string of the molecule is CC(C)OCCCNC(=O)CNC(=O)Cc1cccc2ccccc12. The molecule has 2 N–H and O–H groups in total. The first-order valence-corrected chi connectivity index (χ1v) is 8.68. The van der Waals surface area contributed by atoms with Gasteiger partial charge in [-0.2, -0.15) is 0 Å². The average molecular weight is 342 g/mol. The summed E-state index contributed by atoms with van der Waals surface area (Å²) in [4.78, 5) is 23.8.